The number of fused-ring (bicyclic) bond motifs is 1. The Bertz CT molecular complexity index is 338. The monoisotopic (exact) mass is 243 g/mol. The van der Waals surface area contributed by atoms with Crippen LogP contribution in [0.5, 0.6) is 0 Å². The SMILES string of the molecule is CC1NCCc2cc(Br)c(F)cc21. The Morgan fingerprint density at radius 2 is 2.31 bits per heavy atom. The highest BCUT2D eigenvalue weighted by Gasteiger charge is 2.17. The van der Waals surface area contributed by atoms with Crippen LogP contribution in [0.3, 0.4) is 0 Å². The van der Waals surface area contributed by atoms with Gasteiger partial charge in [0.2, 0.25) is 0 Å². The van der Waals surface area contributed by atoms with Crippen LogP contribution in [-0.4, -0.2) is 6.54 Å². The molecule has 1 heterocycles. The van der Waals surface area contributed by atoms with Gasteiger partial charge in [-0.15, -0.1) is 0 Å². The lowest BCUT2D eigenvalue weighted by atomic mass is 9.95. The summed E-state index contributed by atoms with van der Waals surface area (Å²) >= 11 is 3.20. The fraction of sp³-hybridized carbons (Fsp3) is 0.400. The van der Waals surface area contributed by atoms with E-state index in [2.05, 4.69) is 28.2 Å². The van der Waals surface area contributed by atoms with Crippen molar-refractivity contribution >= 4 is 15.9 Å². The Kier molecular flexibility index (Phi) is 2.39. The Morgan fingerprint density at radius 3 is 3.08 bits per heavy atom. The summed E-state index contributed by atoms with van der Waals surface area (Å²) in [7, 11) is 0. The minimum Gasteiger partial charge on any atom is -0.310 e. The molecule has 70 valence electrons. The first-order chi connectivity index (χ1) is 6.18. The van der Waals surface area contributed by atoms with Crippen LogP contribution in [0.25, 0.3) is 0 Å². The van der Waals surface area contributed by atoms with Gasteiger partial charge in [0, 0.05) is 6.04 Å². The van der Waals surface area contributed by atoms with Crippen LogP contribution < -0.4 is 5.32 Å². The molecule has 1 N–H and O–H groups in total. The lowest BCUT2D eigenvalue weighted by Crippen LogP contribution is -2.27. The van der Waals surface area contributed by atoms with Crippen molar-refractivity contribution in [2.45, 2.75) is 19.4 Å². The van der Waals surface area contributed by atoms with E-state index in [9.17, 15) is 4.39 Å². The molecule has 0 radical (unpaired) electrons. The van der Waals surface area contributed by atoms with E-state index in [1.165, 1.54) is 5.56 Å². The molecular weight excluding hydrogens is 233 g/mol. The normalized spacial score (nSPS) is 21.3. The Morgan fingerprint density at radius 1 is 1.54 bits per heavy atom. The van der Waals surface area contributed by atoms with Crippen molar-refractivity contribution in [2.24, 2.45) is 0 Å². The first-order valence-corrected chi connectivity index (χ1v) is 5.19. The van der Waals surface area contributed by atoms with E-state index in [0.717, 1.165) is 18.5 Å². The topological polar surface area (TPSA) is 12.0 Å². The minimum absolute atomic E-state index is 0.172. The number of nitrogens with one attached hydrogen (secondary N) is 1. The second kappa shape index (κ2) is 3.39. The van der Waals surface area contributed by atoms with Crippen molar-refractivity contribution in [1.82, 2.24) is 5.32 Å². The highest BCUT2D eigenvalue weighted by molar-refractivity contribution is 9.10. The number of hydrogen-bond acceptors (Lipinski definition) is 1. The average Bonchev–Trinajstić information content (AvgIpc) is 2.09. The van der Waals surface area contributed by atoms with Gasteiger partial charge in [-0.25, -0.2) is 4.39 Å². The molecule has 1 aromatic carbocycles. The maximum absolute atomic E-state index is 13.2. The summed E-state index contributed by atoms with van der Waals surface area (Å²) in [6.07, 6.45) is 0.985. The van der Waals surface area contributed by atoms with Gasteiger partial charge in [0.25, 0.3) is 0 Å². The maximum atomic E-state index is 13.2. The van der Waals surface area contributed by atoms with E-state index in [-0.39, 0.29) is 11.9 Å². The van der Waals surface area contributed by atoms with Crippen molar-refractivity contribution in [2.75, 3.05) is 6.54 Å². The second-order valence-electron chi connectivity index (χ2n) is 3.39. The highest BCUT2D eigenvalue weighted by atomic mass is 79.9. The van der Waals surface area contributed by atoms with Crippen LogP contribution in [0.1, 0.15) is 24.1 Å². The first-order valence-electron chi connectivity index (χ1n) is 4.39. The summed E-state index contributed by atoms with van der Waals surface area (Å²) in [5, 5.41) is 3.30. The van der Waals surface area contributed by atoms with Crippen molar-refractivity contribution in [3.05, 3.63) is 33.5 Å². The fourth-order valence-corrected chi connectivity index (χ4v) is 2.15. The van der Waals surface area contributed by atoms with Crippen LogP contribution >= 0.6 is 15.9 Å². The summed E-state index contributed by atoms with van der Waals surface area (Å²) in [5.74, 6) is -0.172. The van der Waals surface area contributed by atoms with Crippen LogP contribution in [-0.2, 0) is 6.42 Å². The molecule has 1 aromatic rings. The third kappa shape index (κ3) is 1.63. The molecule has 0 spiro atoms. The van der Waals surface area contributed by atoms with Crippen molar-refractivity contribution in [1.29, 1.82) is 0 Å². The van der Waals surface area contributed by atoms with Gasteiger partial charge in [-0.3, -0.25) is 0 Å². The molecule has 0 saturated heterocycles. The van der Waals surface area contributed by atoms with Gasteiger partial charge in [0.05, 0.1) is 4.47 Å². The molecule has 3 heteroatoms. The van der Waals surface area contributed by atoms with E-state index in [1.54, 1.807) is 6.07 Å². The van der Waals surface area contributed by atoms with Crippen molar-refractivity contribution < 1.29 is 4.39 Å². The molecule has 0 amide bonds. The third-order valence-corrected chi connectivity index (χ3v) is 3.10. The predicted molar refractivity (Wildman–Crippen MR) is 54.2 cm³/mol. The largest absolute Gasteiger partial charge is 0.310 e. The molecule has 1 aliphatic heterocycles. The zero-order chi connectivity index (χ0) is 9.42. The van der Waals surface area contributed by atoms with E-state index in [4.69, 9.17) is 0 Å². The van der Waals surface area contributed by atoms with Gasteiger partial charge in [-0.05, 0) is 59.1 Å². The predicted octanol–water partition coefficient (Wildman–Crippen LogP) is 2.79. The summed E-state index contributed by atoms with van der Waals surface area (Å²) in [4.78, 5) is 0. The summed E-state index contributed by atoms with van der Waals surface area (Å²) in [5.41, 5.74) is 2.34. The molecule has 13 heavy (non-hydrogen) atoms. The van der Waals surface area contributed by atoms with Gasteiger partial charge in [0.15, 0.2) is 0 Å². The molecule has 1 unspecified atom stereocenters. The molecule has 0 bridgehead atoms. The molecule has 0 aliphatic carbocycles. The zero-order valence-electron chi connectivity index (χ0n) is 7.40. The van der Waals surface area contributed by atoms with Gasteiger partial charge in [-0.2, -0.15) is 0 Å². The van der Waals surface area contributed by atoms with E-state index >= 15 is 0 Å². The molecular formula is C10H11BrFN. The quantitative estimate of drug-likeness (QED) is 0.739. The van der Waals surface area contributed by atoms with Crippen molar-refractivity contribution in [3.8, 4) is 0 Å². The molecule has 0 fully saturated rings. The number of rotatable bonds is 0. The van der Waals surface area contributed by atoms with E-state index in [0.29, 0.717) is 4.47 Å². The van der Waals surface area contributed by atoms with Gasteiger partial charge in [0.1, 0.15) is 5.82 Å². The van der Waals surface area contributed by atoms with Gasteiger partial charge in [-0.1, -0.05) is 0 Å². The highest BCUT2D eigenvalue weighted by Crippen LogP contribution is 2.27. The van der Waals surface area contributed by atoms with Crippen LogP contribution in [0.2, 0.25) is 0 Å². The molecule has 1 nitrogen and oxygen atoms in total. The van der Waals surface area contributed by atoms with E-state index in [1.807, 2.05) is 6.07 Å². The summed E-state index contributed by atoms with van der Waals surface area (Å²) in [6.45, 7) is 3.04. The lowest BCUT2D eigenvalue weighted by Gasteiger charge is -2.24. The van der Waals surface area contributed by atoms with Crippen molar-refractivity contribution in [3.63, 3.8) is 0 Å². The fourth-order valence-electron chi connectivity index (χ4n) is 1.76. The Labute approximate surface area is 85.5 Å². The summed E-state index contributed by atoms with van der Waals surface area (Å²) < 4.78 is 13.8. The Hall–Kier alpha value is -0.410. The van der Waals surface area contributed by atoms with Crippen LogP contribution in [0.4, 0.5) is 4.39 Å². The molecule has 1 atom stereocenters. The lowest BCUT2D eigenvalue weighted by molar-refractivity contribution is 0.531. The van der Waals surface area contributed by atoms with E-state index < -0.39 is 0 Å². The second-order valence-corrected chi connectivity index (χ2v) is 4.25. The minimum atomic E-state index is -0.172. The van der Waals surface area contributed by atoms with Gasteiger partial charge >= 0.3 is 0 Å². The molecule has 0 aromatic heterocycles. The van der Waals surface area contributed by atoms with Gasteiger partial charge < -0.3 is 5.32 Å². The zero-order valence-corrected chi connectivity index (χ0v) is 8.99. The number of hydrogen-bond donors (Lipinski definition) is 1. The van der Waals surface area contributed by atoms with Crippen LogP contribution in [0, 0.1) is 5.82 Å². The number of halogens is 2. The maximum Gasteiger partial charge on any atom is 0.137 e. The first kappa shape index (κ1) is 9.16. The summed E-state index contributed by atoms with van der Waals surface area (Å²) in [6, 6.07) is 3.78. The standard InChI is InChI=1S/C10H11BrFN/c1-6-8-5-10(12)9(11)4-7(8)2-3-13-6/h4-6,13H,2-3H2,1H3. The smallest absolute Gasteiger partial charge is 0.137 e. The number of benzene rings is 1. The molecule has 2 rings (SSSR count). The molecule has 1 aliphatic rings. The Balaban J connectivity index is 2.52. The molecule has 0 saturated carbocycles. The third-order valence-electron chi connectivity index (χ3n) is 2.49. The van der Waals surface area contributed by atoms with Crippen LogP contribution in [0.15, 0.2) is 16.6 Å². The average molecular weight is 244 g/mol.